The monoisotopic (exact) mass is 552 g/mol. The van der Waals surface area contributed by atoms with Gasteiger partial charge in [0.15, 0.2) is 0 Å². The lowest BCUT2D eigenvalue weighted by atomic mass is 9.93. The minimum Gasteiger partial charge on any atom is -0.491 e. The minimum absolute atomic E-state index is 0.00733. The van der Waals surface area contributed by atoms with Crippen molar-refractivity contribution in [3.63, 3.8) is 0 Å². The van der Waals surface area contributed by atoms with E-state index < -0.39 is 17.8 Å². The molecule has 0 bridgehead atoms. The number of nitrogens with zero attached hydrogens (tertiary/aromatic N) is 4. The van der Waals surface area contributed by atoms with Crippen LogP contribution < -0.4 is 4.74 Å². The molecule has 0 saturated heterocycles. The van der Waals surface area contributed by atoms with E-state index in [4.69, 9.17) is 14.6 Å². The van der Waals surface area contributed by atoms with E-state index in [-0.39, 0.29) is 36.8 Å². The maximum Gasteiger partial charge on any atom is 0.302 e. The molecule has 1 aliphatic heterocycles. The van der Waals surface area contributed by atoms with Crippen LogP contribution >= 0.6 is 0 Å². The Balaban J connectivity index is 1.81. The number of imide groups is 1. The van der Waals surface area contributed by atoms with Crippen molar-refractivity contribution in [3.8, 4) is 28.8 Å². The van der Waals surface area contributed by atoms with E-state index in [1.807, 2.05) is 81.6 Å². The van der Waals surface area contributed by atoms with Crippen molar-refractivity contribution in [1.82, 2.24) is 14.7 Å². The molecule has 0 fully saturated rings. The van der Waals surface area contributed by atoms with Crippen LogP contribution in [0.3, 0.4) is 0 Å². The van der Waals surface area contributed by atoms with Crippen molar-refractivity contribution in [3.05, 3.63) is 82.6 Å². The van der Waals surface area contributed by atoms with Gasteiger partial charge in [0, 0.05) is 36.4 Å². The first kappa shape index (κ1) is 29.0. The fourth-order valence-electron chi connectivity index (χ4n) is 4.54. The minimum atomic E-state index is -0.661. The molecule has 9 heteroatoms. The van der Waals surface area contributed by atoms with Gasteiger partial charge in [-0.15, -0.1) is 0 Å². The molecule has 0 atom stereocenters. The fourth-order valence-corrected chi connectivity index (χ4v) is 4.54. The largest absolute Gasteiger partial charge is 0.491 e. The van der Waals surface area contributed by atoms with E-state index in [2.05, 4.69) is 0 Å². The molecule has 0 aliphatic carbocycles. The second-order valence-corrected chi connectivity index (χ2v) is 9.99. The van der Waals surface area contributed by atoms with E-state index in [1.54, 1.807) is 17.7 Å². The van der Waals surface area contributed by atoms with E-state index in [9.17, 15) is 19.6 Å². The molecule has 41 heavy (non-hydrogen) atoms. The van der Waals surface area contributed by atoms with Gasteiger partial charge < -0.3 is 9.47 Å². The number of carbonyl (C=O) groups is 3. The standard InChI is InChI=1S/C32H32N4O5/c1-20(2)41-29-13-12-24(16-21(29)3)30-25(19-36(34-30)26-10-7-6-8-11-26)17-27-22(4)28(18-33)32(39)35(31(27)38)14-9-15-40-23(5)37/h6-8,10-13,16-17,19-20H,9,14-15H2,1-5H3/b27-17+. The molecule has 0 radical (unpaired) electrons. The highest BCUT2D eigenvalue weighted by Gasteiger charge is 2.35. The molecule has 3 aromatic rings. The van der Waals surface area contributed by atoms with Crippen LogP contribution in [-0.4, -0.2) is 51.7 Å². The number of hydrogen-bond acceptors (Lipinski definition) is 7. The Morgan fingerprint density at radius 3 is 2.46 bits per heavy atom. The third-order valence-electron chi connectivity index (χ3n) is 6.53. The lowest BCUT2D eigenvalue weighted by Crippen LogP contribution is -2.43. The summed E-state index contributed by atoms with van der Waals surface area (Å²) in [5.74, 6) is -0.859. The van der Waals surface area contributed by atoms with Crippen LogP contribution in [0.25, 0.3) is 23.0 Å². The molecule has 9 nitrogen and oxygen atoms in total. The van der Waals surface area contributed by atoms with Crippen LogP contribution in [-0.2, 0) is 19.1 Å². The van der Waals surface area contributed by atoms with Crippen molar-refractivity contribution >= 4 is 23.9 Å². The first-order valence-corrected chi connectivity index (χ1v) is 13.4. The van der Waals surface area contributed by atoms with Crippen LogP contribution in [0.5, 0.6) is 5.75 Å². The van der Waals surface area contributed by atoms with Gasteiger partial charge in [0.2, 0.25) is 0 Å². The van der Waals surface area contributed by atoms with Crippen LogP contribution in [0.15, 0.2) is 71.4 Å². The lowest BCUT2D eigenvalue weighted by molar-refractivity contribution is -0.141. The smallest absolute Gasteiger partial charge is 0.302 e. The summed E-state index contributed by atoms with van der Waals surface area (Å²) in [7, 11) is 0. The Bertz CT molecular complexity index is 1590. The Hall–Kier alpha value is -4.97. The van der Waals surface area contributed by atoms with Gasteiger partial charge in [0.05, 0.1) is 24.1 Å². The number of carbonyl (C=O) groups excluding carboxylic acids is 3. The number of aryl methyl sites for hydroxylation is 1. The zero-order valence-corrected chi connectivity index (χ0v) is 23.8. The average Bonchev–Trinajstić information content (AvgIpc) is 3.36. The molecule has 210 valence electrons. The predicted molar refractivity (Wildman–Crippen MR) is 154 cm³/mol. The molecule has 2 amide bonds. The highest BCUT2D eigenvalue weighted by atomic mass is 16.5. The summed E-state index contributed by atoms with van der Waals surface area (Å²) in [6.45, 7) is 8.85. The Kier molecular flexibility index (Phi) is 8.83. The maximum atomic E-state index is 13.6. The number of aromatic nitrogens is 2. The van der Waals surface area contributed by atoms with Gasteiger partial charge in [0.25, 0.3) is 11.8 Å². The predicted octanol–water partition coefficient (Wildman–Crippen LogP) is 5.18. The number of para-hydroxylation sites is 1. The third kappa shape index (κ3) is 6.44. The van der Waals surface area contributed by atoms with Crippen molar-refractivity contribution in [2.45, 2.75) is 47.1 Å². The van der Waals surface area contributed by atoms with Gasteiger partial charge in [-0.05, 0) is 81.7 Å². The third-order valence-corrected chi connectivity index (χ3v) is 6.53. The van der Waals surface area contributed by atoms with Crippen LogP contribution in [0, 0.1) is 18.3 Å². The highest BCUT2D eigenvalue weighted by molar-refractivity contribution is 6.19. The number of ether oxygens (including phenoxy) is 2. The summed E-state index contributed by atoms with van der Waals surface area (Å²) in [5, 5.41) is 14.6. The quantitative estimate of drug-likeness (QED) is 0.155. The first-order valence-electron chi connectivity index (χ1n) is 13.4. The maximum absolute atomic E-state index is 13.6. The number of nitriles is 1. The second kappa shape index (κ2) is 12.5. The normalized spacial score (nSPS) is 14.6. The molecule has 1 aliphatic rings. The van der Waals surface area contributed by atoms with E-state index in [1.165, 1.54) is 6.92 Å². The Morgan fingerprint density at radius 1 is 1.10 bits per heavy atom. The van der Waals surface area contributed by atoms with Crippen molar-refractivity contribution < 1.29 is 23.9 Å². The van der Waals surface area contributed by atoms with Crippen LogP contribution in [0.1, 0.15) is 45.2 Å². The summed E-state index contributed by atoms with van der Waals surface area (Å²) < 4.78 is 12.6. The van der Waals surface area contributed by atoms with Crippen molar-refractivity contribution in [1.29, 1.82) is 5.26 Å². The molecular formula is C32H32N4O5. The lowest BCUT2D eigenvalue weighted by Gasteiger charge is -2.27. The zero-order chi connectivity index (χ0) is 29.7. The van der Waals surface area contributed by atoms with Crippen molar-refractivity contribution in [2.24, 2.45) is 0 Å². The number of rotatable bonds is 9. The van der Waals surface area contributed by atoms with E-state index in [0.717, 1.165) is 27.5 Å². The molecule has 0 spiro atoms. The number of amides is 2. The second-order valence-electron chi connectivity index (χ2n) is 9.99. The number of esters is 1. The summed E-state index contributed by atoms with van der Waals surface area (Å²) in [6.07, 6.45) is 3.78. The van der Waals surface area contributed by atoms with Gasteiger partial charge in [0.1, 0.15) is 17.4 Å². The molecule has 0 N–H and O–H groups in total. The topological polar surface area (TPSA) is 115 Å². The number of benzene rings is 2. The molecule has 2 heterocycles. The highest BCUT2D eigenvalue weighted by Crippen LogP contribution is 2.33. The molecule has 0 saturated carbocycles. The molecule has 1 aromatic heterocycles. The van der Waals surface area contributed by atoms with Crippen LogP contribution in [0.2, 0.25) is 0 Å². The van der Waals surface area contributed by atoms with Crippen molar-refractivity contribution in [2.75, 3.05) is 13.2 Å². The molecule has 2 aromatic carbocycles. The van der Waals surface area contributed by atoms with Gasteiger partial charge in [-0.1, -0.05) is 18.2 Å². The fraction of sp³-hybridized carbons (Fsp3) is 0.281. The zero-order valence-electron chi connectivity index (χ0n) is 23.8. The number of hydrogen-bond donors (Lipinski definition) is 0. The SMILES string of the molecule is CC(=O)OCCCN1C(=O)C(C#N)=C(C)/C(=C\c2cn(-c3ccccc3)nc2-c2ccc(OC(C)C)c(C)c2)C1=O. The van der Waals surface area contributed by atoms with Gasteiger partial charge in [-0.2, -0.15) is 10.4 Å². The van der Waals surface area contributed by atoms with E-state index in [0.29, 0.717) is 16.8 Å². The summed E-state index contributed by atoms with van der Waals surface area (Å²) in [4.78, 5) is 38.7. The van der Waals surface area contributed by atoms with E-state index >= 15 is 0 Å². The summed E-state index contributed by atoms with van der Waals surface area (Å²) >= 11 is 0. The van der Waals surface area contributed by atoms with Crippen LogP contribution in [0.4, 0.5) is 0 Å². The van der Waals surface area contributed by atoms with Gasteiger partial charge in [-0.25, -0.2) is 4.68 Å². The average molecular weight is 553 g/mol. The first-order chi connectivity index (χ1) is 19.6. The molecule has 0 unspecified atom stereocenters. The molecular weight excluding hydrogens is 520 g/mol. The van der Waals surface area contributed by atoms with Gasteiger partial charge >= 0.3 is 5.97 Å². The summed E-state index contributed by atoms with van der Waals surface area (Å²) in [5.41, 5.74) is 4.26. The molecule has 4 rings (SSSR count). The Morgan fingerprint density at radius 2 is 1.83 bits per heavy atom. The summed E-state index contributed by atoms with van der Waals surface area (Å²) in [6, 6.07) is 17.3. The Labute approximate surface area is 239 Å². The van der Waals surface area contributed by atoms with Gasteiger partial charge in [-0.3, -0.25) is 19.3 Å².